The average molecular weight is 583 g/mol. The van der Waals surface area contributed by atoms with E-state index in [9.17, 15) is 19.2 Å². The van der Waals surface area contributed by atoms with Crippen LogP contribution in [0, 0.1) is 23.1 Å². The Labute approximate surface area is 245 Å². The van der Waals surface area contributed by atoms with Crippen molar-refractivity contribution in [1.82, 2.24) is 25.3 Å². The summed E-state index contributed by atoms with van der Waals surface area (Å²) < 4.78 is 19.8. The Morgan fingerprint density at radius 2 is 2.15 bits per heavy atom. The van der Waals surface area contributed by atoms with Crippen molar-refractivity contribution in [3.05, 3.63) is 42.2 Å². The standard InChI is InChI=1S/C30H39FN6O3S/c1-3-25(38)37-14-13-36(17-21(37)9-11-32)28-23-8-10-30(16-19-15-20(31)6-7-24(19)41-30)27(39)26(23)33-29(34-28)40-18-22-5-4-12-35(22)2/h3,6-7,15,21-23,26,28-29,33-34H,1,4-5,8-10,12-14,16-18H2,2H3/t21?,22?,23?,26?,28?,29?,30-/m0/s1. The highest BCUT2D eigenvalue weighted by Crippen LogP contribution is 2.52. The first-order chi connectivity index (χ1) is 19.8. The molecule has 2 N–H and O–H groups in total. The quantitative estimate of drug-likeness (QED) is 0.489. The summed E-state index contributed by atoms with van der Waals surface area (Å²) in [4.78, 5) is 34.2. The van der Waals surface area contributed by atoms with Crippen LogP contribution in [0.4, 0.5) is 4.39 Å². The maximum atomic E-state index is 14.4. The van der Waals surface area contributed by atoms with E-state index >= 15 is 0 Å². The molecule has 1 aromatic rings. The highest BCUT2D eigenvalue weighted by molar-refractivity contribution is 8.01. The number of benzene rings is 1. The van der Waals surface area contributed by atoms with E-state index in [1.165, 1.54) is 12.1 Å². The molecule has 6 rings (SSSR count). The van der Waals surface area contributed by atoms with Crippen molar-refractivity contribution in [3.8, 4) is 6.07 Å². The molecule has 1 spiro atoms. The molecule has 7 atom stereocenters. The number of halogens is 1. The Morgan fingerprint density at radius 1 is 1.29 bits per heavy atom. The van der Waals surface area contributed by atoms with Gasteiger partial charge in [-0.2, -0.15) is 5.26 Å². The fourth-order valence-electron chi connectivity index (χ4n) is 7.50. The van der Waals surface area contributed by atoms with E-state index in [0.717, 1.165) is 36.3 Å². The average Bonchev–Trinajstić information content (AvgIpc) is 3.56. The van der Waals surface area contributed by atoms with E-state index in [0.29, 0.717) is 45.1 Å². The number of rotatable bonds is 6. The summed E-state index contributed by atoms with van der Waals surface area (Å²) in [6, 6.07) is 6.75. The zero-order chi connectivity index (χ0) is 28.7. The highest BCUT2D eigenvalue weighted by Gasteiger charge is 2.56. The van der Waals surface area contributed by atoms with Crippen LogP contribution in [0.2, 0.25) is 0 Å². The predicted molar refractivity (Wildman–Crippen MR) is 153 cm³/mol. The molecule has 1 aliphatic carbocycles. The first kappa shape index (κ1) is 28.8. The lowest BCUT2D eigenvalue weighted by atomic mass is 9.72. The Bertz CT molecular complexity index is 1240. The summed E-state index contributed by atoms with van der Waals surface area (Å²) in [6.45, 7) is 6.90. The smallest absolute Gasteiger partial charge is 0.246 e. The third-order valence-electron chi connectivity index (χ3n) is 9.72. The lowest BCUT2D eigenvalue weighted by Crippen LogP contribution is -2.75. The molecule has 0 bridgehead atoms. The van der Waals surface area contributed by atoms with Crippen LogP contribution in [0.3, 0.4) is 0 Å². The molecule has 4 aliphatic heterocycles. The number of likely N-dealkylation sites (tertiary alicyclic amines) is 1. The zero-order valence-corrected chi connectivity index (χ0v) is 24.4. The Hall–Kier alpha value is -2.33. The SMILES string of the molecule is C=CC(=O)N1CCN(C2NC(OCC3CCCN3C)NC3C(=O)[C@]4(CCC32)Cc2cc(F)ccc2S4)CC1CC#N. The number of carbonyl (C=O) groups excluding carboxylic acids is 2. The molecule has 0 aromatic heterocycles. The molecule has 1 saturated carbocycles. The molecule has 4 heterocycles. The van der Waals surface area contributed by atoms with E-state index in [2.05, 4.69) is 40.1 Å². The number of piperazine rings is 1. The van der Waals surface area contributed by atoms with Crippen LogP contribution in [0.1, 0.15) is 37.7 Å². The summed E-state index contributed by atoms with van der Waals surface area (Å²) in [5.41, 5.74) is 0.909. The van der Waals surface area contributed by atoms with Gasteiger partial charge >= 0.3 is 0 Å². The van der Waals surface area contributed by atoms with Gasteiger partial charge in [0.05, 0.1) is 42.1 Å². The second-order valence-electron chi connectivity index (χ2n) is 12.1. The number of likely N-dealkylation sites (N-methyl/N-ethyl adjacent to an activating group) is 1. The maximum Gasteiger partial charge on any atom is 0.246 e. The topological polar surface area (TPSA) is 101 Å². The van der Waals surface area contributed by atoms with Crippen LogP contribution in [-0.2, 0) is 20.7 Å². The van der Waals surface area contributed by atoms with Crippen molar-refractivity contribution in [2.24, 2.45) is 5.92 Å². The number of ketones is 1. The van der Waals surface area contributed by atoms with Gasteiger partial charge in [0.2, 0.25) is 5.91 Å². The number of amides is 1. The predicted octanol–water partition coefficient (Wildman–Crippen LogP) is 2.09. The van der Waals surface area contributed by atoms with Crippen molar-refractivity contribution in [2.45, 2.75) is 78.8 Å². The molecule has 4 fully saturated rings. The minimum absolute atomic E-state index is 0.00688. The number of ether oxygens (including phenoxy) is 1. The van der Waals surface area contributed by atoms with E-state index < -0.39 is 17.1 Å². The number of hydrogen-bond donors (Lipinski definition) is 2. The van der Waals surface area contributed by atoms with Crippen molar-refractivity contribution in [2.75, 3.05) is 39.8 Å². The first-order valence-electron chi connectivity index (χ1n) is 14.7. The van der Waals surface area contributed by atoms with Gasteiger partial charge in [0.1, 0.15) is 5.82 Å². The lowest BCUT2D eigenvalue weighted by molar-refractivity contribution is -0.144. The molecule has 5 aliphatic rings. The minimum Gasteiger partial charge on any atom is -0.348 e. The Kier molecular flexibility index (Phi) is 8.24. The number of nitriles is 1. The molecule has 11 heteroatoms. The minimum atomic E-state index is -0.610. The van der Waals surface area contributed by atoms with Crippen LogP contribution in [0.25, 0.3) is 0 Å². The molecular formula is C30H39FN6O3S. The van der Waals surface area contributed by atoms with Gasteiger partial charge in [0, 0.05) is 36.5 Å². The number of nitrogens with zero attached hydrogens (tertiary/aromatic N) is 4. The van der Waals surface area contributed by atoms with Crippen molar-refractivity contribution < 1.29 is 18.7 Å². The maximum absolute atomic E-state index is 14.4. The molecule has 220 valence electrons. The summed E-state index contributed by atoms with van der Waals surface area (Å²) >= 11 is 1.59. The van der Waals surface area contributed by atoms with Crippen molar-refractivity contribution in [1.29, 1.82) is 5.26 Å². The van der Waals surface area contributed by atoms with E-state index in [-0.39, 0.29) is 42.1 Å². The molecule has 3 saturated heterocycles. The molecular weight excluding hydrogens is 543 g/mol. The number of hydrogen-bond acceptors (Lipinski definition) is 9. The Morgan fingerprint density at radius 3 is 2.90 bits per heavy atom. The fraction of sp³-hybridized carbons (Fsp3) is 0.633. The molecule has 1 amide bonds. The molecule has 6 unspecified atom stereocenters. The molecule has 41 heavy (non-hydrogen) atoms. The van der Waals surface area contributed by atoms with Gasteiger partial charge in [0.15, 0.2) is 12.1 Å². The van der Waals surface area contributed by atoms with Gasteiger partial charge < -0.3 is 14.5 Å². The lowest BCUT2D eigenvalue weighted by Gasteiger charge is -2.54. The third kappa shape index (κ3) is 5.46. The Balaban J connectivity index is 1.24. The van der Waals surface area contributed by atoms with Gasteiger partial charge in [0.25, 0.3) is 0 Å². The summed E-state index contributed by atoms with van der Waals surface area (Å²) in [7, 11) is 2.12. The van der Waals surface area contributed by atoms with Gasteiger partial charge in [-0.05, 0) is 75.5 Å². The number of thioether (sulfide) groups is 1. The first-order valence-corrected chi connectivity index (χ1v) is 15.5. The third-order valence-corrected chi connectivity index (χ3v) is 11.3. The monoisotopic (exact) mass is 582 g/mol. The number of fused-ring (bicyclic) bond motifs is 2. The second-order valence-corrected chi connectivity index (χ2v) is 13.5. The van der Waals surface area contributed by atoms with Crippen molar-refractivity contribution >= 4 is 23.5 Å². The van der Waals surface area contributed by atoms with Gasteiger partial charge in [-0.1, -0.05) is 6.58 Å². The van der Waals surface area contributed by atoms with Crippen LogP contribution in [0.5, 0.6) is 0 Å². The fourth-order valence-corrected chi connectivity index (χ4v) is 9.00. The molecule has 0 radical (unpaired) electrons. The highest BCUT2D eigenvalue weighted by atomic mass is 32.2. The number of nitrogens with one attached hydrogen (secondary N) is 2. The molecule has 1 aromatic carbocycles. The van der Waals surface area contributed by atoms with Crippen LogP contribution < -0.4 is 10.6 Å². The largest absolute Gasteiger partial charge is 0.348 e. The summed E-state index contributed by atoms with van der Waals surface area (Å²) in [6.07, 6.45) is 5.18. The van der Waals surface area contributed by atoms with E-state index in [1.807, 2.05) is 0 Å². The summed E-state index contributed by atoms with van der Waals surface area (Å²) in [5.74, 6) is -0.281. The number of Topliss-reactive ketones (excluding diaryl/α,β-unsaturated/α-hetero) is 1. The van der Waals surface area contributed by atoms with Gasteiger partial charge in [-0.15, -0.1) is 11.8 Å². The molecule has 9 nitrogen and oxygen atoms in total. The van der Waals surface area contributed by atoms with Crippen molar-refractivity contribution in [3.63, 3.8) is 0 Å². The van der Waals surface area contributed by atoms with Crippen LogP contribution in [-0.4, -0.2) is 102 Å². The number of carbonyl (C=O) groups is 2. The normalized spacial score (nSPS) is 35.7. The van der Waals surface area contributed by atoms with E-state index in [1.54, 1.807) is 28.8 Å². The van der Waals surface area contributed by atoms with Crippen LogP contribution in [0.15, 0.2) is 35.7 Å². The van der Waals surface area contributed by atoms with Gasteiger partial charge in [-0.3, -0.25) is 25.1 Å². The summed E-state index contributed by atoms with van der Waals surface area (Å²) in [5, 5.41) is 16.7. The van der Waals surface area contributed by atoms with Crippen LogP contribution >= 0.6 is 11.8 Å². The zero-order valence-electron chi connectivity index (χ0n) is 23.6. The van der Waals surface area contributed by atoms with Gasteiger partial charge in [-0.25, -0.2) is 4.39 Å². The second kappa shape index (κ2) is 11.7. The van der Waals surface area contributed by atoms with E-state index in [4.69, 9.17) is 4.74 Å².